The van der Waals surface area contributed by atoms with Crippen LogP contribution in [0.4, 0.5) is 4.39 Å². The number of ether oxygens (including phenoxy) is 1. The van der Waals surface area contributed by atoms with Crippen LogP contribution in [-0.2, 0) is 19.4 Å². The highest BCUT2D eigenvalue weighted by atomic mass is 32.2. The SMILES string of the molecule is CCOC(=O)C1(S(=O)(=O)c2ccc(F)cc2)CCN(C2CC2)CC1. The van der Waals surface area contributed by atoms with Gasteiger partial charge >= 0.3 is 5.97 Å². The molecule has 0 bridgehead atoms. The zero-order valence-electron chi connectivity index (χ0n) is 13.7. The molecule has 1 heterocycles. The average molecular weight is 355 g/mol. The first-order valence-electron chi connectivity index (χ1n) is 8.32. The van der Waals surface area contributed by atoms with E-state index in [1.54, 1.807) is 6.92 Å². The van der Waals surface area contributed by atoms with Gasteiger partial charge in [0.05, 0.1) is 11.5 Å². The second-order valence-corrected chi connectivity index (χ2v) is 8.70. The van der Waals surface area contributed by atoms with Gasteiger partial charge in [-0.15, -0.1) is 0 Å². The first kappa shape index (κ1) is 17.4. The summed E-state index contributed by atoms with van der Waals surface area (Å²) in [6.07, 6.45) is 2.69. The van der Waals surface area contributed by atoms with Crippen molar-refractivity contribution < 1.29 is 22.3 Å². The molecule has 0 aromatic heterocycles. The van der Waals surface area contributed by atoms with Gasteiger partial charge in [0, 0.05) is 19.1 Å². The number of piperidine rings is 1. The minimum atomic E-state index is -3.96. The molecule has 1 aromatic rings. The maximum Gasteiger partial charge on any atom is 0.327 e. The molecule has 1 aliphatic carbocycles. The van der Waals surface area contributed by atoms with Crippen molar-refractivity contribution in [2.75, 3.05) is 19.7 Å². The lowest BCUT2D eigenvalue weighted by molar-refractivity contribution is -0.147. The summed E-state index contributed by atoms with van der Waals surface area (Å²) >= 11 is 0. The number of carbonyl (C=O) groups is 1. The van der Waals surface area contributed by atoms with E-state index < -0.39 is 26.4 Å². The number of hydrogen-bond acceptors (Lipinski definition) is 5. The molecule has 0 radical (unpaired) electrons. The molecule has 5 nitrogen and oxygen atoms in total. The molecule has 24 heavy (non-hydrogen) atoms. The van der Waals surface area contributed by atoms with E-state index in [9.17, 15) is 17.6 Å². The van der Waals surface area contributed by atoms with E-state index in [1.807, 2.05) is 0 Å². The summed E-state index contributed by atoms with van der Waals surface area (Å²) in [4.78, 5) is 14.8. The predicted octanol–water partition coefficient (Wildman–Crippen LogP) is 2.16. The van der Waals surface area contributed by atoms with Crippen LogP contribution >= 0.6 is 0 Å². The third kappa shape index (κ3) is 2.95. The maximum absolute atomic E-state index is 13.2. The normalized spacial score (nSPS) is 21.4. The van der Waals surface area contributed by atoms with Crippen LogP contribution in [0.3, 0.4) is 0 Å². The van der Waals surface area contributed by atoms with Crippen molar-refractivity contribution in [2.45, 2.75) is 48.3 Å². The highest BCUT2D eigenvalue weighted by molar-refractivity contribution is 7.93. The Balaban J connectivity index is 1.95. The van der Waals surface area contributed by atoms with Crippen molar-refractivity contribution in [1.82, 2.24) is 4.90 Å². The van der Waals surface area contributed by atoms with Gasteiger partial charge in [-0.2, -0.15) is 0 Å². The first-order chi connectivity index (χ1) is 11.4. The topological polar surface area (TPSA) is 63.7 Å². The molecule has 0 unspecified atom stereocenters. The molecule has 0 spiro atoms. The number of benzene rings is 1. The van der Waals surface area contributed by atoms with Crippen molar-refractivity contribution in [3.05, 3.63) is 30.1 Å². The monoisotopic (exact) mass is 355 g/mol. The fraction of sp³-hybridized carbons (Fsp3) is 0.588. The van der Waals surface area contributed by atoms with E-state index in [0.717, 1.165) is 25.0 Å². The number of sulfone groups is 1. The zero-order valence-corrected chi connectivity index (χ0v) is 14.5. The molecule has 7 heteroatoms. The predicted molar refractivity (Wildman–Crippen MR) is 86.8 cm³/mol. The van der Waals surface area contributed by atoms with Crippen LogP contribution in [0.1, 0.15) is 32.6 Å². The Morgan fingerprint density at radius 3 is 2.33 bits per heavy atom. The summed E-state index contributed by atoms with van der Waals surface area (Å²) in [7, 11) is -3.96. The molecule has 0 atom stereocenters. The van der Waals surface area contributed by atoms with Gasteiger partial charge in [0.1, 0.15) is 5.82 Å². The average Bonchev–Trinajstić information content (AvgIpc) is 3.40. The summed E-state index contributed by atoms with van der Waals surface area (Å²) in [5, 5.41) is 0. The lowest BCUT2D eigenvalue weighted by Gasteiger charge is -2.39. The zero-order chi connectivity index (χ0) is 17.4. The molecular weight excluding hydrogens is 333 g/mol. The fourth-order valence-electron chi connectivity index (χ4n) is 3.37. The summed E-state index contributed by atoms with van der Waals surface area (Å²) in [5.41, 5.74) is 0. The number of hydrogen-bond donors (Lipinski definition) is 0. The summed E-state index contributed by atoms with van der Waals surface area (Å²) in [6.45, 7) is 2.91. The Morgan fingerprint density at radius 2 is 1.83 bits per heavy atom. The van der Waals surface area contributed by atoms with Crippen LogP contribution in [-0.4, -0.2) is 49.8 Å². The fourth-order valence-corrected chi connectivity index (χ4v) is 5.32. The van der Waals surface area contributed by atoms with Crippen molar-refractivity contribution in [1.29, 1.82) is 0 Å². The van der Waals surface area contributed by atoms with Gasteiger partial charge in [0.15, 0.2) is 14.6 Å². The van der Waals surface area contributed by atoms with Gasteiger partial charge in [-0.25, -0.2) is 12.8 Å². The van der Waals surface area contributed by atoms with Crippen molar-refractivity contribution in [3.8, 4) is 0 Å². The van der Waals surface area contributed by atoms with Gasteiger partial charge in [-0.1, -0.05) is 0 Å². The highest BCUT2D eigenvalue weighted by Crippen LogP contribution is 2.39. The molecular formula is C17H22FNO4S. The standard InChI is InChI=1S/C17H22FNO4S/c1-2-23-16(20)17(9-11-19(12-10-17)14-5-6-14)24(21,22)15-7-3-13(18)4-8-15/h3-4,7-8,14H,2,5-6,9-12H2,1H3. The van der Waals surface area contributed by atoms with E-state index >= 15 is 0 Å². The van der Waals surface area contributed by atoms with Crippen LogP contribution in [0, 0.1) is 5.82 Å². The van der Waals surface area contributed by atoms with E-state index in [2.05, 4.69) is 4.90 Å². The van der Waals surface area contributed by atoms with Crippen LogP contribution in [0.5, 0.6) is 0 Å². The molecule has 1 aromatic carbocycles. The number of likely N-dealkylation sites (tertiary alicyclic amines) is 1. The van der Waals surface area contributed by atoms with Crippen molar-refractivity contribution in [2.24, 2.45) is 0 Å². The van der Waals surface area contributed by atoms with E-state index in [4.69, 9.17) is 4.74 Å². The molecule has 3 rings (SSSR count). The van der Waals surface area contributed by atoms with Gasteiger partial charge in [0.25, 0.3) is 0 Å². The van der Waals surface area contributed by atoms with Gasteiger partial charge in [-0.05, 0) is 56.9 Å². The molecule has 132 valence electrons. The number of esters is 1. The number of nitrogens with zero attached hydrogens (tertiary/aromatic N) is 1. The Morgan fingerprint density at radius 1 is 1.25 bits per heavy atom. The molecule has 1 aliphatic heterocycles. The number of rotatable bonds is 5. The Kier molecular flexibility index (Phi) is 4.66. The van der Waals surface area contributed by atoms with Crippen LogP contribution in [0.15, 0.2) is 29.2 Å². The van der Waals surface area contributed by atoms with Crippen molar-refractivity contribution >= 4 is 15.8 Å². The quantitative estimate of drug-likeness (QED) is 0.598. The minimum Gasteiger partial charge on any atom is -0.465 e. The van der Waals surface area contributed by atoms with Gasteiger partial charge < -0.3 is 9.64 Å². The minimum absolute atomic E-state index is 0.0307. The lowest BCUT2D eigenvalue weighted by Crippen LogP contribution is -2.55. The van der Waals surface area contributed by atoms with Crippen molar-refractivity contribution in [3.63, 3.8) is 0 Å². The Hall–Kier alpha value is -1.47. The highest BCUT2D eigenvalue weighted by Gasteiger charge is 2.55. The lowest BCUT2D eigenvalue weighted by atomic mass is 9.95. The van der Waals surface area contributed by atoms with E-state index in [-0.39, 0.29) is 24.3 Å². The molecule has 1 saturated heterocycles. The number of halogens is 1. The van der Waals surface area contributed by atoms with E-state index in [0.29, 0.717) is 19.1 Å². The summed E-state index contributed by atoms with van der Waals surface area (Å²) in [6, 6.07) is 5.17. The van der Waals surface area contributed by atoms with Crippen LogP contribution < -0.4 is 0 Å². The third-order valence-corrected chi connectivity index (χ3v) is 7.45. The molecule has 2 aliphatic rings. The van der Waals surface area contributed by atoms with E-state index in [1.165, 1.54) is 12.1 Å². The summed E-state index contributed by atoms with van der Waals surface area (Å²) in [5.74, 6) is -1.20. The second kappa shape index (κ2) is 6.44. The molecule has 0 N–H and O–H groups in total. The van der Waals surface area contributed by atoms with Crippen LogP contribution in [0.2, 0.25) is 0 Å². The maximum atomic E-state index is 13.2. The largest absolute Gasteiger partial charge is 0.465 e. The number of carbonyl (C=O) groups excluding carboxylic acids is 1. The smallest absolute Gasteiger partial charge is 0.327 e. The Labute approximate surface area is 141 Å². The first-order valence-corrected chi connectivity index (χ1v) is 9.80. The van der Waals surface area contributed by atoms with Gasteiger partial charge in [-0.3, -0.25) is 4.79 Å². The molecule has 0 amide bonds. The molecule has 2 fully saturated rings. The summed E-state index contributed by atoms with van der Waals surface area (Å²) < 4.78 is 43.1. The second-order valence-electron chi connectivity index (χ2n) is 6.44. The molecule has 1 saturated carbocycles. The van der Waals surface area contributed by atoms with Crippen LogP contribution in [0.25, 0.3) is 0 Å². The Bertz CT molecular complexity index is 705. The van der Waals surface area contributed by atoms with Gasteiger partial charge in [0.2, 0.25) is 0 Å². The third-order valence-electron chi connectivity index (χ3n) is 4.95.